The highest BCUT2D eigenvalue weighted by atomic mass is 16.5. The second-order valence-electron chi connectivity index (χ2n) is 8.69. The van der Waals surface area contributed by atoms with Gasteiger partial charge in [-0.15, -0.1) is 0 Å². The van der Waals surface area contributed by atoms with Crippen molar-refractivity contribution in [1.82, 2.24) is 19.8 Å². The number of H-pyrrole nitrogens is 1. The zero-order valence-electron chi connectivity index (χ0n) is 17.4. The minimum absolute atomic E-state index is 0.0355. The number of carbonyl (C=O) groups excluding carboxylic acids is 1. The summed E-state index contributed by atoms with van der Waals surface area (Å²) in [5.41, 5.74) is 2.77. The number of para-hydroxylation sites is 1. The Labute approximate surface area is 176 Å². The van der Waals surface area contributed by atoms with E-state index in [0.717, 1.165) is 73.7 Å². The molecule has 1 aromatic carbocycles. The fraction of sp³-hybridized carbons (Fsp3) is 0.522. The topological polar surface area (TPSA) is 78.5 Å². The van der Waals surface area contributed by atoms with E-state index in [1.807, 2.05) is 23.1 Å². The molecule has 30 heavy (non-hydrogen) atoms. The lowest BCUT2D eigenvalue weighted by molar-refractivity contribution is -0.131. The summed E-state index contributed by atoms with van der Waals surface area (Å²) in [6.07, 6.45) is 3.69. The average molecular weight is 409 g/mol. The molecule has 5 rings (SSSR count). The van der Waals surface area contributed by atoms with Crippen LogP contribution in [0.25, 0.3) is 0 Å². The Hall–Kier alpha value is -2.67. The van der Waals surface area contributed by atoms with Gasteiger partial charge in [-0.3, -0.25) is 14.5 Å². The van der Waals surface area contributed by atoms with Gasteiger partial charge in [-0.05, 0) is 25.3 Å². The number of nitrogens with one attached hydrogen (secondary N) is 1. The second kappa shape index (κ2) is 7.87. The van der Waals surface area contributed by atoms with Crippen LogP contribution in [0.5, 0.6) is 5.75 Å². The molecule has 0 unspecified atom stereocenters. The zero-order valence-corrected chi connectivity index (χ0v) is 17.4. The molecule has 0 bridgehead atoms. The summed E-state index contributed by atoms with van der Waals surface area (Å²) in [6.45, 7) is 3.64. The van der Waals surface area contributed by atoms with Crippen molar-refractivity contribution >= 4 is 5.91 Å². The van der Waals surface area contributed by atoms with Gasteiger partial charge < -0.3 is 14.6 Å². The number of hydrogen-bond acceptors (Lipinski definition) is 5. The molecule has 0 spiro atoms. The van der Waals surface area contributed by atoms with Crippen molar-refractivity contribution < 1.29 is 9.53 Å². The summed E-state index contributed by atoms with van der Waals surface area (Å²) >= 11 is 0. The normalized spacial score (nSPS) is 21.5. The number of likely N-dealkylation sites (tertiary alicyclic amines) is 1. The standard InChI is InChI=1S/C23H28N4O3/c1-30-20-5-3-2-4-16(20)12-26-10-9-19-18(14-26)22(28)25-21(24-19)17-8-11-27(13-17)23(29)15-6-7-15/h2-5,15,17H,6-14H2,1H3,(H,24,25,28)/t17-/m1/s1. The summed E-state index contributed by atoms with van der Waals surface area (Å²) in [7, 11) is 1.68. The highest BCUT2D eigenvalue weighted by Gasteiger charge is 2.37. The van der Waals surface area contributed by atoms with Crippen LogP contribution in [-0.2, 0) is 24.3 Å². The minimum Gasteiger partial charge on any atom is -0.496 e. The van der Waals surface area contributed by atoms with Gasteiger partial charge in [0.2, 0.25) is 5.91 Å². The molecule has 1 amide bonds. The van der Waals surface area contributed by atoms with Gasteiger partial charge >= 0.3 is 0 Å². The largest absolute Gasteiger partial charge is 0.496 e. The first-order valence-electron chi connectivity index (χ1n) is 10.9. The molecule has 1 atom stereocenters. The van der Waals surface area contributed by atoms with Gasteiger partial charge in [0.15, 0.2) is 0 Å². The van der Waals surface area contributed by atoms with Crippen molar-refractivity contribution in [3.05, 3.63) is 57.3 Å². The maximum absolute atomic E-state index is 12.9. The van der Waals surface area contributed by atoms with Crippen LogP contribution in [0.3, 0.4) is 0 Å². The highest BCUT2D eigenvalue weighted by Crippen LogP contribution is 2.34. The van der Waals surface area contributed by atoms with Crippen molar-refractivity contribution in [3.63, 3.8) is 0 Å². The van der Waals surface area contributed by atoms with Crippen LogP contribution in [0.2, 0.25) is 0 Å². The summed E-state index contributed by atoms with van der Waals surface area (Å²) in [4.78, 5) is 37.3. The number of fused-ring (bicyclic) bond motifs is 1. The quantitative estimate of drug-likeness (QED) is 0.819. The second-order valence-corrected chi connectivity index (χ2v) is 8.69. The van der Waals surface area contributed by atoms with Gasteiger partial charge in [0.25, 0.3) is 5.56 Å². The van der Waals surface area contributed by atoms with Gasteiger partial charge in [0, 0.05) is 56.5 Å². The fourth-order valence-electron chi connectivity index (χ4n) is 4.68. The zero-order chi connectivity index (χ0) is 20.7. The number of hydrogen-bond donors (Lipinski definition) is 1. The van der Waals surface area contributed by atoms with Crippen LogP contribution in [0, 0.1) is 5.92 Å². The number of aromatic amines is 1. The number of aromatic nitrogens is 2. The summed E-state index contributed by atoms with van der Waals surface area (Å²) in [5.74, 6) is 2.29. The Bertz CT molecular complexity index is 1010. The molecule has 2 aliphatic heterocycles. The number of benzene rings is 1. The first-order chi connectivity index (χ1) is 14.6. The Morgan fingerprint density at radius 2 is 2.07 bits per heavy atom. The number of rotatable bonds is 5. The SMILES string of the molecule is COc1ccccc1CN1CCc2nc([C@@H]3CCN(C(=O)C4CC4)C3)[nH]c(=O)c2C1. The van der Waals surface area contributed by atoms with E-state index in [9.17, 15) is 9.59 Å². The van der Waals surface area contributed by atoms with E-state index in [1.54, 1.807) is 7.11 Å². The number of ether oxygens (including phenoxy) is 1. The molecule has 3 heterocycles. The minimum atomic E-state index is -0.0355. The van der Waals surface area contributed by atoms with Crippen molar-refractivity contribution in [3.8, 4) is 5.75 Å². The molecular formula is C23H28N4O3. The average Bonchev–Trinajstić information content (AvgIpc) is 3.50. The number of nitrogens with zero attached hydrogens (tertiary/aromatic N) is 3. The van der Waals surface area contributed by atoms with Crippen molar-refractivity contribution in [1.29, 1.82) is 0 Å². The molecule has 2 fully saturated rings. The van der Waals surface area contributed by atoms with Crippen molar-refractivity contribution in [2.75, 3.05) is 26.7 Å². The third kappa shape index (κ3) is 3.74. The molecule has 0 radical (unpaired) electrons. The van der Waals surface area contributed by atoms with E-state index in [1.165, 1.54) is 0 Å². The molecule has 1 aromatic heterocycles. The highest BCUT2D eigenvalue weighted by molar-refractivity contribution is 5.81. The molecular weight excluding hydrogens is 380 g/mol. The molecule has 1 aliphatic carbocycles. The first kappa shape index (κ1) is 19.3. The number of amides is 1. The van der Waals surface area contributed by atoms with Crippen LogP contribution in [0.4, 0.5) is 0 Å². The first-order valence-corrected chi connectivity index (χ1v) is 10.9. The van der Waals surface area contributed by atoms with Crippen LogP contribution >= 0.6 is 0 Å². The van der Waals surface area contributed by atoms with E-state index in [2.05, 4.69) is 16.0 Å². The van der Waals surface area contributed by atoms with E-state index in [0.29, 0.717) is 13.1 Å². The third-order valence-corrected chi connectivity index (χ3v) is 6.57. The molecule has 1 saturated carbocycles. The Morgan fingerprint density at radius 3 is 2.87 bits per heavy atom. The molecule has 2 aromatic rings. The lowest BCUT2D eigenvalue weighted by atomic mass is 10.0. The van der Waals surface area contributed by atoms with E-state index in [4.69, 9.17) is 9.72 Å². The lowest BCUT2D eigenvalue weighted by Gasteiger charge is -2.28. The summed E-state index contributed by atoms with van der Waals surface area (Å²) < 4.78 is 5.46. The molecule has 3 aliphatic rings. The van der Waals surface area contributed by atoms with Gasteiger partial charge in [0.1, 0.15) is 11.6 Å². The van der Waals surface area contributed by atoms with Gasteiger partial charge in [-0.1, -0.05) is 18.2 Å². The van der Waals surface area contributed by atoms with Crippen LogP contribution < -0.4 is 10.3 Å². The fourth-order valence-corrected chi connectivity index (χ4v) is 4.68. The smallest absolute Gasteiger partial charge is 0.255 e. The molecule has 7 heteroatoms. The summed E-state index contributed by atoms with van der Waals surface area (Å²) in [6, 6.07) is 8.00. The summed E-state index contributed by atoms with van der Waals surface area (Å²) in [5, 5.41) is 0. The van der Waals surface area contributed by atoms with E-state index < -0.39 is 0 Å². The lowest BCUT2D eigenvalue weighted by Crippen LogP contribution is -2.36. The number of carbonyl (C=O) groups is 1. The maximum atomic E-state index is 12.9. The van der Waals surface area contributed by atoms with Gasteiger partial charge in [-0.25, -0.2) is 4.98 Å². The van der Waals surface area contributed by atoms with E-state index in [-0.39, 0.29) is 23.3 Å². The van der Waals surface area contributed by atoms with Crippen LogP contribution in [0.1, 0.15) is 47.8 Å². The van der Waals surface area contributed by atoms with Gasteiger partial charge in [0.05, 0.1) is 18.4 Å². The monoisotopic (exact) mass is 408 g/mol. The predicted octanol–water partition coefficient (Wildman–Crippen LogP) is 2.06. The Balaban J connectivity index is 1.30. The van der Waals surface area contributed by atoms with Crippen LogP contribution in [-0.4, -0.2) is 52.4 Å². The van der Waals surface area contributed by atoms with Crippen molar-refractivity contribution in [2.45, 2.75) is 44.7 Å². The third-order valence-electron chi connectivity index (χ3n) is 6.57. The van der Waals surface area contributed by atoms with Gasteiger partial charge in [-0.2, -0.15) is 0 Å². The number of methoxy groups -OCH3 is 1. The van der Waals surface area contributed by atoms with E-state index >= 15 is 0 Å². The Morgan fingerprint density at radius 1 is 1.23 bits per heavy atom. The Kier molecular flexibility index (Phi) is 5.06. The van der Waals surface area contributed by atoms with Crippen molar-refractivity contribution in [2.24, 2.45) is 5.92 Å². The molecule has 1 saturated heterocycles. The molecule has 1 N–H and O–H groups in total. The molecule has 7 nitrogen and oxygen atoms in total. The van der Waals surface area contributed by atoms with Crippen LogP contribution in [0.15, 0.2) is 29.1 Å². The molecule has 158 valence electrons. The predicted molar refractivity (Wildman–Crippen MR) is 112 cm³/mol. The maximum Gasteiger partial charge on any atom is 0.255 e.